The molecule has 0 aliphatic heterocycles. The number of benzene rings is 2. The lowest BCUT2D eigenvalue weighted by Crippen LogP contribution is -2.22. The fraction of sp³-hybridized carbons (Fsp3) is 0.250. The van der Waals surface area contributed by atoms with E-state index in [1.54, 1.807) is 24.3 Å². The molecule has 1 atom stereocenters. The van der Waals surface area contributed by atoms with Crippen LogP contribution in [0.3, 0.4) is 0 Å². The maximum absolute atomic E-state index is 12.5. The number of anilines is 1. The molecule has 0 saturated heterocycles. The molecule has 0 unspecified atom stereocenters. The van der Waals surface area contributed by atoms with Crippen LogP contribution in [0, 0.1) is 0 Å². The monoisotopic (exact) mass is 398 g/mol. The Hall–Kier alpha value is -2.31. The average molecular weight is 399 g/mol. The lowest BCUT2D eigenvalue weighted by molar-refractivity contribution is -0.115. The van der Waals surface area contributed by atoms with Gasteiger partial charge in [0, 0.05) is 16.6 Å². The highest BCUT2D eigenvalue weighted by molar-refractivity contribution is 8.00. The first-order chi connectivity index (χ1) is 13.1. The first kappa shape index (κ1) is 18.1. The molecule has 5 nitrogen and oxygen atoms in total. The number of hydrogen-bond acceptors (Lipinski definition) is 4. The summed E-state index contributed by atoms with van der Waals surface area (Å²) in [4.78, 5) is 17.2. The van der Waals surface area contributed by atoms with Crippen LogP contribution in [0.4, 0.5) is 5.69 Å². The quantitative estimate of drug-likeness (QED) is 0.599. The van der Waals surface area contributed by atoms with Crippen LogP contribution >= 0.6 is 23.4 Å². The number of carbonyl (C=O) groups is 1. The Morgan fingerprint density at radius 1 is 1.19 bits per heavy atom. The van der Waals surface area contributed by atoms with E-state index < -0.39 is 0 Å². The van der Waals surface area contributed by atoms with Gasteiger partial charge in [-0.25, -0.2) is 9.67 Å². The minimum Gasteiger partial charge on any atom is -0.325 e. The van der Waals surface area contributed by atoms with Gasteiger partial charge in [-0.1, -0.05) is 41.6 Å². The van der Waals surface area contributed by atoms with Gasteiger partial charge in [0.2, 0.25) is 11.1 Å². The highest BCUT2D eigenvalue weighted by atomic mass is 35.5. The number of thioether (sulfide) groups is 1. The second-order valence-electron chi connectivity index (χ2n) is 6.53. The van der Waals surface area contributed by atoms with Crippen LogP contribution in [0.1, 0.15) is 31.5 Å². The van der Waals surface area contributed by atoms with Crippen LogP contribution in [-0.4, -0.2) is 25.9 Å². The Balaban J connectivity index is 1.48. The molecule has 0 bridgehead atoms. The van der Waals surface area contributed by atoms with Gasteiger partial charge in [-0.3, -0.25) is 4.79 Å². The van der Waals surface area contributed by atoms with Gasteiger partial charge >= 0.3 is 0 Å². The Morgan fingerprint density at radius 3 is 2.56 bits per heavy atom. The lowest BCUT2D eigenvalue weighted by atomic mass is 10.3. The predicted octanol–water partition coefficient (Wildman–Crippen LogP) is 4.92. The van der Waals surface area contributed by atoms with Gasteiger partial charge in [0.05, 0.1) is 10.9 Å². The van der Waals surface area contributed by atoms with Crippen molar-refractivity contribution in [3.05, 3.63) is 65.4 Å². The summed E-state index contributed by atoms with van der Waals surface area (Å²) in [6, 6.07) is 17.1. The molecule has 1 N–H and O–H groups in total. The summed E-state index contributed by atoms with van der Waals surface area (Å²) < 4.78 is 1.91. The van der Waals surface area contributed by atoms with Crippen molar-refractivity contribution in [2.24, 2.45) is 0 Å². The fourth-order valence-corrected chi connectivity index (χ4v) is 3.59. The summed E-state index contributed by atoms with van der Waals surface area (Å²) in [6.45, 7) is 1.86. The molecule has 1 amide bonds. The van der Waals surface area contributed by atoms with Crippen LogP contribution in [0.5, 0.6) is 0 Å². The summed E-state index contributed by atoms with van der Waals surface area (Å²) in [5, 5.41) is 8.49. The number of amides is 1. The highest BCUT2D eigenvalue weighted by Gasteiger charge is 2.31. The second kappa shape index (κ2) is 7.74. The van der Waals surface area contributed by atoms with Crippen molar-refractivity contribution in [1.82, 2.24) is 14.8 Å². The molecule has 1 fully saturated rings. The number of aromatic nitrogens is 3. The Kier molecular flexibility index (Phi) is 5.18. The molecule has 7 heteroatoms. The Morgan fingerprint density at radius 2 is 1.89 bits per heavy atom. The van der Waals surface area contributed by atoms with Crippen LogP contribution in [-0.2, 0) is 4.79 Å². The number of hydrogen-bond donors (Lipinski definition) is 1. The van der Waals surface area contributed by atoms with Crippen LogP contribution in [0.25, 0.3) is 5.69 Å². The Labute approximate surface area is 167 Å². The van der Waals surface area contributed by atoms with E-state index in [2.05, 4.69) is 10.4 Å². The van der Waals surface area contributed by atoms with E-state index in [1.165, 1.54) is 11.8 Å². The average Bonchev–Trinajstić information content (AvgIpc) is 3.44. The SMILES string of the molecule is C[C@H](Sc1nc(C2CC2)n(-c2ccccc2)n1)C(=O)Nc1ccc(Cl)cc1. The largest absolute Gasteiger partial charge is 0.325 e. The fourth-order valence-electron chi connectivity index (χ4n) is 2.71. The number of nitrogens with zero attached hydrogens (tertiary/aromatic N) is 3. The highest BCUT2D eigenvalue weighted by Crippen LogP contribution is 2.40. The van der Waals surface area contributed by atoms with Crippen molar-refractivity contribution in [2.75, 3.05) is 5.32 Å². The molecule has 0 radical (unpaired) electrons. The molecule has 27 heavy (non-hydrogen) atoms. The predicted molar refractivity (Wildman–Crippen MR) is 109 cm³/mol. The zero-order chi connectivity index (χ0) is 18.8. The summed E-state index contributed by atoms with van der Waals surface area (Å²) in [7, 11) is 0. The summed E-state index contributed by atoms with van der Waals surface area (Å²) in [5.41, 5.74) is 1.72. The Bertz CT molecular complexity index is 938. The van der Waals surface area contributed by atoms with Crippen molar-refractivity contribution in [3.63, 3.8) is 0 Å². The van der Waals surface area contributed by atoms with Gasteiger partial charge in [-0.05, 0) is 56.2 Å². The molecular formula is C20H19ClN4OS. The van der Waals surface area contributed by atoms with E-state index in [-0.39, 0.29) is 11.2 Å². The molecule has 1 heterocycles. The maximum Gasteiger partial charge on any atom is 0.237 e. The van der Waals surface area contributed by atoms with Gasteiger partial charge in [0.15, 0.2) is 0 Å². The second-order valence-corrected chi connectivity index (χ2v) is 8.27. The number of rotatable bonds is 6. The molecule has 2 aromatic carbocycles. The van der Waals surface area contributed by atoms with Crippen LogP contribution in [0.15, 0.2) is 59.8 Å². The van der Waals surface area contributed by atoms with E-state index >= 15 is 0 Å². The minimum atomic E-state index is -0.320. The lowest BCUT2D eigenvalue weighted by Gasteiger charge is -2.10. The third kappa shape index (κ3) is 4.34. The summed E-state index contributed by atoms with van der Waals surface area (Å²) in [5.74, 6) is 1.35. The first-order valence-electron chi connectivity index (χ1n) is 8.85. The van der Waals surface area contributed by atoms with Crippen molar-refractivity contribution in [1.29, 1.82) is 0 Å². The zero-order valence-electron chi connectivity index (χ0n) is 14.8. The number of nitrogens with one attached hydrogen (secondary N) is 1. The summed E-state index contributed by atoms with van der Waals surface area (Å²) >= 11 is 7.25. The van der Waals surface area contributed by atoms with Crippen LogP contribution < -0.4 is 5.32 Å². The minimum absolute atomic E-state index is 0.0913. The third-order valence-electron chi connectivity index (χ3n) is 4.32. The van der Waals surface area contributed by atoms with Gasteiger partial charge in [0.25, 0.3) is 0 Å². The molecular weight excluding hydrogens is 380 g/mol. The summed E-state index contributed by atoms with van der Waals surface area (Å²) in [6.07, 6.45) is 2.28. The van der Waals surface area contributed by atoms with Crippen molar-refractivity contribution < 1.29 is 4.79 Å². The van der Waals surface area contributed by atoms with Gasteiger partial charge in [0.1, 0.15) is 5.82 Å². The van der Waals surface area contributed by atoms with E-state index in [0.29, 0.717) is 16.1 Å². The molecule has 1 aliphatic carbocycles. The van der Waals surface area contributed by atoms with Crippen molar-refractivity contribution in [3.8, 4) is 5.69 Å². The number of para-hydroxylation sites is 1. The topological polar surface area (TPSA) is 59.8 Å². The van der Waals surface area contributed by atoms with E-state index in [9.17, 15) is 4.79 Å². The molecule has 1 saturated carbocycles. The van der Waals surface area contributed by atoms with Gasteiger partial charge in [-0.15, -0.1) is 5.10 Å². The van der Waals surface area contributed by atoms with Gasteiger partial charge in [-0.2, -0.15) is 0 Å². The molecule has 138 valence electrons. The van der Waals surface area contributed by atoms with Gasteiger partial charge < -0.3 is 5.32 Å². The smallest absolute Gasteiger partial charge is 0.237 e. The normalized spacial score (nSPS) is 14.7. The molecule has 1 aliphatic rings. The van der Waals surface area contributed by atoms with Crippen LogP contribution in [0.2, 0.25) is 5.02 Å². The molecule has 4 rings (SSSR count). The molecule has 0 spiro atoms. The van der Waals surface area contributed by atoms with E-state index in [1.807, 2.05) is 41.9 Å². The number of carbonyl (C=O) groups excluding carboxylic acids is 1. The maximum atomic E-state index is 12.5. The van der Waals surface area contributed by atoms with Crippen molar-refractivity contribution >= 4 is 35.0 Å². The van der Waals surface area contributed by atoms with E-state index in [4.69, 9.17) is 16.6 Å². The first-order valence-corrected chi connectivity index (χ1v) is 10.1. The number of halogens is 1. The van der Waals surface area contributed by atoms with E-state index in [0.717, 1.165) is 30.0 Å². The standard InChI is InChI=1S/C20H19ClN4OS/c1-13(19(26)22-16-11-9-15(21)10-12-16)27-20-23-18(14-7-8-14)25(24-20)17-5-3-2-4-6-17/h2-6,9-14H,7-8H2,1H3,(H,22,26)/t13-/m0/s1. The third-order valence-corrected chi connectivity index (χ3v) is 5.52. The zero-order valence-corrected chi connectivity index (χ0v) is 16.4. The van der Waals surface area contributed by atoms with Crippen molar-refractivity contribution in [2.45, 2.75) is 36.1 Å². The molecule has 3 aromatic rings. The molecule has 1 aromatic heterocycles.